The molecular weight excluding hydrogens is 288 g/mol. The maximum absolute atomic E-state index is 12.2. The fourth-order valence-electron chi connectivity index (χ4n) is 2.13. The van der Waals surface area contributed by atoms with Crippen molar-refractivity contribution in [2.45, 2.75) is 25.3 Å². The maximum Gasteiger partial charge on any atom is 0.275 e. The van der Waals surface area contributed by atoms with Gasteiger partial charge in [0.1, 0.15) is 0 Å². The molecule has 106 valence electrons. The van der Waals surface area contributed by atoms with Crippen LogP contribution in [0.5, 0.6) is 0 Å². The van der Waals surface area contributed by atoms with Crippen molar-refractivity contribution >= 4 is 27.7 Å². The molecule has 0 radical (unpaired) electrons. The second kappa shape index (κ2) is 5.93. The number of carbonyl (C=O) groups excluding carboxylic acids is 1. The highest BCUT2D eigenvalue weighted by molar-refractivity contribution is 7.88. The minimum atomic E-state index is -3.24. The SMILES string of the molecule is CS(=O)(=O)NC[C@H]1CCCCN1C(=O)c1cnsn1. The van der Waals surface area contributed by atoms with Gasteiger partial charge >= 0.3 is 0 Å². The summed E-state index contributed by atoms with van der Waals surface area (Å²) in [5.41, 5.74) is 0.330. The van der Waals surface area contributed by atoms with E-state index in [1.54, 1.807) is 4.90 Å². The third-order valence-corrected chi connectivity index (χ3v) is 4.22. The van der Waals surface area contributed by atoms with E-state index in [4.69, 9.17) is 0 Å². The van der Waals surface area contributed by atoms with Crippen LogP contribution >= 0.6 is 11.7 Å². The topological polar surface area (TPSA) is 92.3 Å². The normalized spacial score (nSPS) is 20.5. The van der Waals surface area contributed by atoms with Crippen molar-refractivity contribution in [2.75, 3.05) is 19.3 Å². The fourth-order valence-corrected chi connectivity index (χ4v) is 3.04. The molecule has 1 aromatic heterocycles. The van der Waals surface area contributed by atoms with Crippen LogP contribution in [0, 0.1) is 0 Å². The van der Waals surface area contributed by atoms with Gasteiger partial charge in [-0.1, -0.05) is 0 Å². The summed E-state index contributed by atoms with van der Waals surface area (Å²) in [6.45, 7) is 0.884. The molecule has 1 saturated heterocycles. The van der Waals surface area contributed by atoms with Gasteiger partial charge in [0.05, 0.1) is 24.2 Å². The number of hydrogen-bond donors (Lipinski definition) is 1. The average Bonchev–Trinajstić information content (AvgIpc) is 2.89. The zero-order chi connectivity index (χ0) is 13.9. The number of aromatic nitrogens is 2. The predicted octanol–water partition coefficient (Wildman–Crippen LogP) is 0.0820. The zero-order valence-electron chi connectivity index (χ0n) is 10.6. The lowest BCUT2D eigenvalue weighted by Gasteiger charge is -2.35. The van der Waals surface area contributed by atoms with Gasteiger partial charge < -0.3 is 4.90 Å². The number of nitrogens with one attached hydrogen (secondary N) is 1. The molecule has 1 amide bonds. The summed E-state index contributed by atoms with van der Waals surface area (Å²) in [6.07, 6.45) is 5.29. The first-order valence-electron chi connectivity index (χ1n) is 6.00. The Morgan fingerprint density at radius 3 is 3.00 bits per heavy atom. The molecule has 1 fully saturated rings. The van der Waals surface area contributed by atoms with Gasteiger partial charge in [-0.3, -0.25) is 4.79 Å². The highest BCUT2D eigenvalue weighted by Gasteiger charge is 2.29. The molecule has 0 spiro atoms. The van der Waals surface area contributed by atoms with Crippen LogP contribution in [0.3, 0.4) is 0 Å². The molecule has 1 N–H and O–H groups in total. The highest BCUT2D eigenvalue weighted by atomic mass is 32.2. The van der Waals surface area contributed by atoms with Gasteiger partial charge in [0.15, 0.2) is 5.69 Å². The van der Waals surface area contributed by atoms with E-state index in [0.717, 1.165) is 37.2 Å². The van der Waals surface area contributed by atoms with Crippen molar-refractivity contribution < 1.29 is 13.2 Å². The average molecular weight is 304 g/mol. The maximum atomic E-state index is 12.2. The zero-order valence-corrected chi connectivity index (χ0v) is 12.2. The first kappa shape index (κ1) is 14.4. The minimum Gasteiger partial charge on any atom is -0.333 e. The van der Waals surface area contributed by atoms with Crippen LogP contribution in [-0.4, -0.2) is 53.4 Å². The van der Waals surface area contributed by atoms with Crippen molar-refractivity contribution in [1.29, 1.82) is 0 Å². The van der Waals surface area contributed by atoms with E-state index in [9.17, 15) is 13.2 Å². The molecule has 0 unspecified atom stereocenters. The Bertz CT molecular complexity index is 529. The van der Waals surface area contributed by atoms with Gasteiger partial charge in [0, 0.05) is 19.1 Å². The lowest BCUT2D eigenvalue weighted by atomic mass is 10.0. The van der Waals surface area contributed by atoms with Crippen molar-refractivity contribution in [3.63, 3.8) is 0 Å². The predicted molar refractivity (Wildman–Crippen MR) is 71.4 cm³/mol. The Balaban J connectivity index is 2.05. The van der Waals surface area contributed by atoms with Gasteiger partial charge in [-0.15, -0.1) is 0 Å². The number of piperidine rings is 1. The first-order valence-corrected chi connectivity index (χ1v) is 8.63. The van der Waals surface area contributed by atoms with Crippen LogP contribution in [0.25, 0.3) is 0 Å². The second-order valence-electron chi connectivity index (χ2n) is 4.56. The summed E-state index contributed by atoms with van der Waals surface area (Å²) in [7, 11) is -3.24. The summed E-state index contributed by atoms with van der Waals surface area (Å²) in [4.78, 5) is 13.9. The Hall–Kier alpha value is -1.06. The summed E-state index contributed by atoms with van der Waals surface area (Å²) >= 11 is 0.992. The molecule has 0 aromatic carbocycles. The molecule has 0 aliphatic carbocycles. The lowest BCUT2D eigenvalue weighted by Crippen LogP contribution is -2.49. The summed E-state index contributed by atoms with van der Waals surface area (Å²) in [5.74, 6) is -0.172. The monoisotopic (exact) mass is 304 g/mol. The van der Waals surface area contributed by atoms with E-state index in [1.165, 1.54) is 6.20 Å². The van der Waals surface area contributed by atoms with Crippen LogP contribution in [-0.2, 0) is 10.0 Å². The number of amides is 1. The van der Waals surface area contributed by atoms with Crippen LogP contribution in [0.15, 0.2) is 6.20 Å². The summed E-state index contributed by atoms with van der Waals surface area (Å²) in [6, 6.07) is -0.113. The highest BCUT2D eigenvalue weighted by Crippen LogP contribution is 2.19. The standard InChI is InChI=1S/C10H16N4O3S2/c1-19(16,17)12-6-8-4-2-3-5-14(8)10(15)9-7-11-18-13-9/h7-8,12H,2-6H2,1H3/t8-/m1/s1. The van der Waals surface area contributed by atoms with Crippen LogP contribution in [0.2, 0.25) is 0 Å². The van der Waals surface area contributed by atoms with Crippen LogP contribution in [0.1, 0.15) is 29.8 Å². The van der Waals surface area contributed by atoms with Gasteiger partial charge in [-0.2, -0.15) is 8.75 Å². The Morgan fingerprint density at radius 2 is 2.37 bits per heavy atom. The molecule has 7 nitrogen and oxygen atoms in total. The number of likely N-dealkylation sites (tertiary alicyclic amines) is 1. The molecule has 19 heavy (non-hydrogen) atoms. The Labute approximate surface area is 116 Å². The van der Waals surface area contributed by atoms with E-state index >= 15 is 0 Å². The van der Waals surface area contributed by atoms with E-state index in [2.05, 4.69) is 13.5 Å². The number of nitrogens with zero attached hydrogens (tertiary/aromatic N) is 3. The quantitative estimate of drug-likeness (QED) is 0.850. The van der Waals surface area contributed by atoms with Crippen molar-refractivity contribution in [3.05, 3.63) is 11.9 Å². The van der Waals surface area contributed by atoms with Gasteiger partial charge in [0.2, 0.25) is 10.0 Å². The number of sulfonamides is 1. The van der Waals surface area contributed by atoms with Gasteiger partial charge in [-0.25, -0.2) is 13.1 Å². The number of rotatable bonds is 4. The van der Waals surface area contributed by atoms with E-state index in [-0.39, 0.29) is 18.5 Å². The molecule has 0 bridgehead atoms. The largest absolute Gasteiger partial charge is 0.333 e. The van der Waals surface area contributed by atoms with Crippen molar-refractivity contribution in [3.8, 4) is 0 Å². The first-order chi connectivity index (χ1) is 8.97. The number of carbonyl (C=O) groups is 1. The minimum absolute atomic E-state index is 0.113. The van der Waals surface area contributed by atoms with Crippen molar-refractivity contribution in [1.82, 2.24) is 18.4 Å². The third-order valence-electron chi connectivity index (χ3n) is 3.05. The molecule has 2 rings (SSSR count). The number of hydrogen-bond acceptors (Lipinski definition) is 6. The van der Waals surface area contributed by atoms with Gasteiger partial charge in [-0.05, 0) is 19.3 Å². The van der Waals surface area contributed by atoms with E-state index in [0.29, 0.717) is 12.2 Å². The molecule has 1 atom stereocenters. The molecule has 2 heterocycles. The molecule has 9 heteroatoms. The molecule has 0 saturated carbocycles. The Morgan fingerprint density at radius 1 is 1.58 bits per heavy atom. The molecule has 1 aromatic rings. The van der Waals surface area contributed by atoms with Gasteiger partial charge in [0.25, 0.3) is 5.91 Å². The van der Waals surface area contributed by atoms with E-state index in [1.807, 2.05) is 0 Å². The summed E-state index contributed by atoms with van der Waals surface area (Å²) < 4.78 is 32.5. The fraction of sp³-hybridized carbons (Fsp3) is 0.700. The summed E-state index contributed by atoms with van der Waals surface area (Å²) in [5, 5.41) is 0. The van der Waals surface area contributed by atoms with E-state index < -0.39 is 10.0 Å². The van der Waals surface area contributed by atoms with Crippen LogP contribution in [0.4, 0.5) is 0 Å². The third kappa shape index (κ3) is 3.95. The second-order valence-corrected chi connectivity index (χ2v) is 6.95. The smallest absolute Gasteiger partial charge is 0.275 e. The molecule has 1 aliphatic rings. The lowest BCUT2D eigenvalue weighted by molar-refractivity contribution is 0.0614. The van der Waals surface area contributed by atoms with Crippen LogP contribution < -0.4 is 4.72 Å². The Kier molecular flexibility index (Phi) is 4.48. The molecule has 1 aliphatic heterocycles. The molecular formula is C10H16N4O3S2. The van der Waals surface area contributed by atoms with Crippen molar-refractivity contribution in [2.24, 2.45) is 0 Å².